The van der Waals surface area contributed by atoms with Crippen LogP contribution in [0.4, 0.5) is 0 Å². The van der Waals surface area contributed by atoms with Gasteiger partial charge in [-0.2, -0.15) is 0 Å². The van der Waals surface area contributed by atoms with Gasteiger partial charge in [-0.1, -0.05) is 12.8 Å². The molecule has 0 atom stereocenters. The first-order valence-corrected chi connectivity index (χ1v) is 4.14. The van der Waals surface area contributed by atoms with E-state index in [1.54, 1.807) is 6.08 Å². The third-order valence-corrected chi connectivity index (χ3v) is 2.00. The molecule has 62 valence electrons. The summed E-state index contributed by atoms with van der Waals surface area (Å²) in [6, 6.07) is 0. The Bertz CT molecular complexity index is 175. The van der Waals surface area contributed by atoms with Crippen LogP contribution in [-0.4, -0.2) is 4.92 Å². The lowest BCUT2D eigenvalue weighted by atomic mass is 10.0. The fraction of sp³-hybridized carbons (Fsp3) is 0.750. The highest BCUT2D eigenvalue weighted by atomic mass is 16.6. The Morgan fingerprint density at radius 3 is 2.73 bits per heavy atom. The maximum atomic E-state index is 10.4. The van der Waals surface area contributed by atoms with Crippen molar-refractivity contribution in [3.8, 4) is 0 Å². The van der Waals surface area contributed by atoms with Gasteiger partial charge in [-0.25, -0.2) is 0 Å². The number of nitro groups is 1. The highest BCUT2D eigenvalue weighted by Gasteiger charge is 2.10. The summed E-state index contributed by atoms with van der Waals surface area (Å²) in [6.45, 7) is 0. The van der Waals surface area contributed by atoms with E-state index in [0.29, 0.717) is 12.1 Å². The first-order valence-electron chi connectivity index (χ1n) is 4.14. The summed E-state index contributed by atoms with van der Waals surface area (Å²) in [5.74, 6) is 0. The minimum atomic E-state index is -0.245. The van der Waals surface area contributed by atoms with Crippen molar-refractivity contribution in [1.82, 2.24) is 0 Å². The average Bonchev–Trinajstić information content (AvgIpc) is 1.84. The molecule has 0 saturated carbocycles. The van der Waals surface area contributed by atoms with Crippen molar-refractivity contribution in [2.75, 3.05) is 0 Å². The topological polar surface area (TPSA) is 43.1 Å². The second kappa shape index (κ2) is 4.11. The van der Waals surface area contributed by atoms with Crippen molar-refractivity contribution in [2.24, 2.45) is 0 Å². The molecule has 11 heavy (non-hydrogen) atoms. The molecular weight excluding hydrogens is 142 g/mol. The molecule has 3 heteroatoms. The molecule has 0 aliphatic heterocycles. The Balaban J connectivity index is 2.52. The van der Waals surface area contributed by atoms with Crippen molar-refractivity contribution in [3.05, 3.63) is 21.9 Å². The maximum absolute atomic E-state index is 10.4. The van der Waals surface area contributed by atoms with E-state index in [1.807, 2.05) is 0 Å². The van der Waals surface area contributed by atoms with Gasteiger partial charge < -0.3 is 0 Å². The Labute approximate surface area is 66.3 Å². The van der Waals surface area contributed by atoms with Crippen LogP contribution in [0, 0.1) is 10.1 Å². The van der Waals surface area contributed by atoms with Gasteiger partial charge in [0.05, 0.1) is 4.92 Å². The second-order valence-corrected chi connectivity index (χ2v) is 2.91. The van der Waals surface area contributed by atoms with Crippen LogP contribution in [-0.2, 0) is 0 Å². The predicted octanol–water partition coefficient (Wildman–Crippen LogP) is 2.50. The summed E-state index contributed by atoms with van der Waals surface area (Å²) < 4.78 is 0. The molecule has 0 aromatic heterocycles. The Kier molecular flexibility index (Phi) is 3.08. The quantitative estimate of drug-likeness (QED) is 0.431. The van der Waals surface area contributed by atoms with Crippen molar-refractivity contribution < 1.29 is 4.92 Å². The van der Waals surface area contributed by atoms with E-state index in [2.05, 4.69) is 0 Å². The molecule has 0 saturated heterocycles. The van der Waals surface area contributed by atoms with E-state index in [4.69, 9.17) is 0 Å². The van der Waals surface area contributed by atoms with Crippen LogP contribution in [0.5, 0.6) is 0 Å². The molecule has 3 nitrogen and oxygen atoms in total. The van der Waals surface area contributed by atoms with Gasteiger partial charge in [-0.05, 0) is 25.3 Å². The number of rotatable bonds is 1. The van der Waals surface area contributed by atoms with E-state index in [0.717, 1.165) is 25.7 Å². The summed E-state index contributed by atoms with van der Waals surface area (Å²) in [6.07, 6.45) is 7.78. The van der Waals surface area contributed by atoms with E-state index in [9.17, 15) is 10.1 Å². The average molecular weight is 155 g/mol. The Morgan fingerprint density at radius 2 is 2.00 bits per heavy atom. The lowest BCUT2D eigenvalue weighted by Crippen LogP contribution is -2.00. The molecule has 0 amide bonds. The molecule has 0 aromatic carbocycles. The zero-order valence-electron chi connectivity index (χ0n) is 6.58. The summed E-state index contributed by atoms with van der Waals surface area (Å²) in [5, 5.41) is 10.4. The SMILES string of the molecule is O=[N+]([O-])C1=CCCCCCC1. The first-order chi connectivity index (χ1) is 5.30. The molecule has 0 radical (unpaired) electrons. The third-order valence-electron chi connectivity index (χ3n) is 2.00. The van der Waals surface area contributed by atoms with E-state index in [-0.39, 0.29) is 4.92 Å². The van der Waals surface area contributed by atoms with Crippen LogP contribution in [0.15, 0.2) is 11.8 Å². The van der Waals surface area contributed by atoms with Crippen molar-refractivity contribution in [2.45, 2.75) is 38.5 Å². The zero-order chi connectivity index (χ0) is 8.10. The van der Waals surface area contributed by atoms with Crippen LogP contribution in [0.25, 0.3) is 0 Å². The summed E-state index contributed by atoms with van der Waals surface area (Å²) in [4.78, 5) is 10.1. The smallest absolute Gasteiger partial charge is 0.242 e. The van der Waals surface area contributed by atoms with Crippen LogP contribution in [0.1, 0.15) is 38.5 Å². The first kappa shape index (κ1) is 8.24. The summed E-state index contributed by atoms with van der Waals surface area (Å²) in [7, 11) is 0. The molecular formula is C8H13NO2. The van der Waals surface area contributed by atoms with E-state index >= 15 is 0 Å². The van der Waals surface area contributed by atoms with Crippen molar-refractivity contribution >= 4 is 0 Å². The lowest BCUT2D eigenvalue weighted by molar-refractivity contribution is -0.428. The number of allylic oxidation sites excluding steroid dienone is 2. The van der Waals surface area contributed by atoms with Crippen LogP contribution >= 0.6 is 0 Å². The summed E-state index contributed by atoms with van der Waals surface area (Å²) in [5.41, 5.74) is 0.421. The molecule has 1 aliphatic rings. The molecule has 1 rings (SSSR count). The van der Waals surface area contributed by atoms with Gasteiger partial charge in [-0.15, -0.1) is 0 Å². The molecule has 0 bridgehead atoms. The van der Waals surface area contributed by atoms with Gasteiger partial charge in [0.1, 0.15) is 0 Å². The molecule has 0 aromatic rings. The van der Waals surface area contributed by atoms with Gasteiger partial charge in [0.2, 0.25) is 5.70 Å². The molecule has 0 N–H and O–H groups in total. The molecule has 1 aliphatic carbocycles. The minimum absolute atomic E-state index is 0.245. The van der Waals surface area contributed by atoms with Gasteiger partial charge in [-0.3, -0.25) is 10.1 Å². The largest absolute Gasteiger partial charge is 0.259 e. The standard InChI is InChI=1S/C8H13NO2/c10-9(11)8-6-4-2-1-3-5-7-8/h6H,1-5,7H2. The monoisotopic (exact) mass is 155 g/mol. The summed E-state index contributed by atoms with van der Waals surface area (Å²) >= 11 is 0. The second-order valence-electron chi connectivity index (χ2n) is 2.91. The molecule has 0 spiro atoms. The van der Waals surface area contributed by atoms with Crippen LogP contribution in [0.3, 0.4) is 0 Å². The lowest BCUT2D eigenvalue weighted by Gasteiger charge is -2.03. The number of nitrogens with zero attached hydrogens (tertiary/aromatic N) is 1. The fourth-order valence-corrected chi connectivity index (χ4v) is 1.34. The molecule has 0 unspecified atom stereocenters. The third kappa shape index (κ3) is 2.70. The van der Waals surface area contributed by atoms with Gasteiger partial charge >= 0.3 is 0 Å². The number of hydrogen-bond donors (Lipinski definition) is 0. The van der Waals surface area contributed by atoms with E-state index < -0.39 is 0 Å². The zero-order valence-corrected chi connectivity index (χ0v) is 6.58. The van der Waals surface area contributed by atoms with Gasteiger partial charge in [0.15, 0.2) is 0 Å². The maximum Gasteiger partial charge on any atom is 0.242 e. The highest BCUT2D eigenvalue weighted by molar-refractivity contribution is 4.92. The Hall–Kier alpha value is -0.860. The van der Waals surface area contributed by atoms with Crippen molar-refractivity contribution in [1.29, 1.82) is 0 Å². The normalized spacial score (nSPS) is 19.8. The fourth-order valence-electron chi connectivity index (χ4n) is 1.34. The number of hydrogen-bond acceptors (Lipinski definition) is 2. The van der Waals surface area contributed by atoms with Crippen LogP contribution < -0.4 is 0 Å². The van der Waals surface area contributed by atoms with E-state index in [1.165, 1.54) is 6.42 Å². The van der Waals surface area contributed by atoms with Crippen LogP contribution in [0.2, 0.25) is 0 Å². The molecule has 0 fully saturated rings. The highest BCUT2D eigenvalue weighted by Crippen LogP contribution is 2.16. The predicted molar refractivity (Wildman–Crippen MR) is 42.8 cm³/mol. The van der Waals surface area contributed by atoms with Gasteiger partial charge in [0.25, 0.3) is 0 Å². The minimum Gasteiger partial charge on any atom is -0.259 e. The van der Waals surface area contributed by atoms with Crippen molar-refractivity contribution in [3.63, 3.8) is 0 Å². The van der Waals surface area contributed by atoms with Gasteiger partial charge in [0, 0.05) is 6.42 Å². The Morgan fingerprint density at radius 1 is 1.27 bits per heavy atom. The molecule has 0 heterocycles.